The van der Waals surface area contributed by atoms with E-state index in [-0.39, 0.29) is 12.5 Å². The monoisotopic (exact) mass is 347 g/mol. The molecule has 0 unspecified atom stereocenters. The number of hydrogen-bond donors (Lipinski definition) is 3. The summed E-state index contributed by atoms with van der Waals surface area (Å²) >= 11 is 2.19. The molecule has 4 N–H and O–H groups in total. The first-order valence-electron chi connectivity index (χ1n) is 5.54. The van der Waals surface area contributed by atoms with Crippen molar-refractivity contribution in [3.63, 3.8) is 0 Å². The molecule has 0 bridgehead atoms. The van der Waals surface area contributed by atoms with Crippen LogP contribution in [-0.4, -0.2) is 19.0 Å². The summed E-state index contributed by atoms with van der Waals surface area (Å²) < 4.78 is 1.01. The highest BCUT2D eigenvalue weighted by Crippen LogP contribution is 2.20. The molecule has 0 fully saturated rings. The maximum absolute atomic E-state index is 11.5. The SMILES string of the molecule is CC(C)CNC(=O)CNc1ccc(N)cc1I. The Kier molecular flexibility index (Phi) is 5.54. The second-order valence-corrected chi connectivity index (χ2v) is 5.45. The lowest BCUT2D eigenvalue weighted by Crippen LogP contribution is -2.32. The summed E-state index contributed by atoms with van der Waals surface area (Å²) in [5, 5.41) is 5.94. The van der Waals surface area contributed by atoms with E-state index in [2.05, 4.69) is 47.1 Å². The van der Waals surface area contributed by atoms with E-state index in [0.29, 0.717) is 12.5 Å². The zero-order valence-electron chi connectivity index (χ0n) is 10.1. The minimum absolute atomic E-state index is 0.00586. The third kappa shape index (κ3) is 5.25. The number of anilines is 2. The Labute approximate surface area is 115 Å². The van der Waals surface area contributed by atoms with Crippen LogP contribution in [0.5, 0.6) is 0 Å². The summed E-state index contributed by atoms with van der Waals surface area (Å²) in [6.07, 6.45) is 0. The van der Waals surface area contributed by atoms with Gasteiger partial charge in [-0.3, -0.25) is 4.79 Å². The van der Waals surface area contributed by atoms with Crippen LogP contribution in [0.15, 0.2) is 18.2 Å². The number of nitrogens with one attached hydrogen (secondary N) is 2. The van der Waals surface area contributed by atoms with Crippen LogP contribution in [0.3, 0.4) is 0 Å². The van der Waals surface area contributed by atoms with Crippen molar-refractivity contribution in [2.75, 3.05) is 24.1 Å². The molecule has 1 amide bonds. The third-order valence-corrected chi connectivity index (χ3v) is 3.03. The zero-order chi connectivity index (χ0) is 12.8. The molecule has 0 spiro atoms. The first-order chi connectivity index (χ1) is 7.99. The number of nitrogens with two attached hydrogens (primary N) is 1. The van der Waals surface area contributed by atoms with E-state index < -0.39 is 0 Å². The molecule has 0 heterocycles. The quantitative estimate of drug-likeness (QED) is 0.564. The first-order valence-corrected chi connectivity index (χ1v) is 6.62. The fourth-order valence-electron chi connectivity index (χ4n) is 1.23. The highest BCUT2D eigenvalue weighted by Gasteiger charge is 2.04. The van der Waals surface area contributed by atoms with E-state index in [1.807, 2.05) is 18.2 Å². The molecule has 0 saturated heterocycles. The molecule has 0 saturated carbocycles. The highest BCUT2D eigenvalue weighted by molar-refractivity contribution is 14.1. The molecule has 0 aliphatic rings. The van der Waals surface area contributed by atoms with Crippen molar-refractivity contribution in [2.45, 2.75) is 13.8 Å². The number of carbonyl (C=O) groups is 1. The molecule has 0 atom stereocenters. The predicted molar refractivity (Wildman–Crippen MR) is 79.9 cm³/mol. The van der Waals surface area contributed by atoms with E-state index in [1.165, 1.54) is 0 Å². The number of hydrogen-bond acceptors (Lipinski definition) is 3. The largest absolute Gasteiger partial charge is 0.399 e. The van der Waals surface area contributed by atoms with E-state index in [9.17, 15) is 4.79 Å². The molecule has 1 aromatic carbocycles. The highest BCUT2D eigenvalue weighted by atomic mass is 127. The van der Waals surface area contributed by atoms with E-state index >= 15 is 0 Å². The lowest BCUT2D eigenvalue weighted by Gasteiger charge is -2.10. The number of halogens is 1. The number of benzene rings is 1. The van der Waals surface area contributed by atoms with Crippen LogP contribution in [0.25, 0.3) is 0 Å². The molecule has 0 aromatic heterocycles. The molecule has 1 rings (SSSR count). The third-order valence-electron chi connectivity index (χ3n) is 2.14. The molecule has 0 radical (unpaired) electrons. The maximum Gasteiger partial charge on any atom is 0.239 e. The van der Waals surface area contributed by atoms with Crippen molar-refractivity contribution in [3.05, 3.63) is 21.8 Å². The van der Waals surface area contributed by atoms with Gasteiger partial charge in [0.25, 0.3) is 0 Å². The summed E-state index contributed by atoms with van der Waals surface area (Å²) in [6.45, 7) is 5.12. The van der Waals surface area contributed by atoms with Gasteiger partial charge in [0.15, 0.2) is 0 Å². The molecule has 17 heavy (non-hydrogen) atoms. The minimum atomic E-state index is 0.00586. The van der Waals surface area contributed by atoms with Crippen molar-refractivity contribution in [1.82, 2.24) is 5.32 Å². The van der Waals surface area contributed by atoms with Gasteiger partial charge in [-0.1, -0.05) is 13.8 Å². The van der Waals surface area contributed by atoms with E-state index in [1.54, 1.807) is 0 Å². The van der Waals surface area contributed by atoms with Crippen molar-refractivity contribution >= 4 is 39.9 Å². The van der Waals surface area contributed by atoms with E-state index in [4.69, 9.17) is 5.73 Å². The van der Waals surface area contributed by atoms with Gasteiger partial charge >= 0.3 is 0 Å². The summed E-state index contributed by atoms with van der Waals surface area (Å²) in [5.74, 6) is 0.474. The lowest BCUT2D eigenvalue weighted by molar-refractivity contribution is -0.119. The molecular formula is C12H18IN3O. The fourth-order valence-corrected chi connectivity index (χ4v) is 1.96. The van der Waals surface area contributed by atoms with E-state index in [0.717, 1.165) is 14.9 Å². The maximum atomic E-state index is 11.5. The molecule has 1 aromatic rings. The lowest BCUT2D eigenvalue weighted by atomic mass is 10.2. The number of amides is 1. The van der Waals surface area contributed by atoms with Gasteiger partial charge in [0.05, 0.1) is 6.54 Å². The molecule has 5 heteroatoms. The Morgan fingerprint density at radius 3 is 2.76 bits per heavy atom. The van der Waals surface area contributed by atoms with Crippen LogP contribution in [-0.2, 0) is 4.79 Å². The Hall–Kier alpha value is -0.980. The average molecular weight is 347 g/mol. The molecule has 94 valence electrons. The van der Waals surface area contributed by atoms with Gasteiger partial charge in [-0.05, 0) is 46.7 Å². The van der Waals surface area contributed by atoms with Gasteiger partial charge < -0.3 is 16.4 Å². The van der Waals surface area contributed by atoms with Crippen LogP contribution in [0.4, 0.5) is 11.4 Å². The predicted octanol–water partition coefficient (Wildman–Crippen LogP) is 2.06. The standard InChI is InChI=1S/C12H18IN3O/c1-8(2)6-16-12(17)7-15-11-4-3-9(14)5-10(11)13/h3-5,8,15H,6-7,14H2,1-2H3,(H,16,17). The van der Waals surface area contributed by atoms with Crippen molar-refractivity contribution in [3.8, 4) is 0 Å². The average Bonchev–Trinajstić information content (AvgIpc) is 2.25. The number of carbonyl (C=O) groups excluding carboxylic acids is 1. The molecule has 0 aliphatic heterocycles. The fraction of sp³-hybridized carbons (Fsp3) is 0.417. The van der Waals surface area contributed by atoms with Crippen LogP contribution in [0.1, 0.15) is 13.8 Å². The van der Waals surface area contributed by atoms with Gasteiger partial charge in [0.2, 0.25) is 5.91 Å². The Balaban J connectivity index is 2.42. The summed E-state index contributed by atoms with van der Waals surface area (Å²) in [6, 6.07) is 5.57. The summed E-state index contributed by atoms with van der Waals surface area (Å²) in [7, 11) is 0. The van der Waals surface area contributed by atoms with Crippen LogP contribution < -0.4 is 16.4 Å². The zero-order valence-corrected chi connectivity index (χ0v) is 12.2. The van der Waals surface area contributed by atoms with Gasteiger partial charge in [0.1, 0.15) is 0 Å². The van der Waals surface area contributed by atoms with Crippen LogP contribution in [0.2, 0.25) is 0 Å². The second kappa shape index (κ2) is 6.68. The number of rotatable bonds is 5. The molecule has 4 nitrogen and oxygen atoms in total. The Morgan fingerprint density at radius 2 is 2.18 bits per heavy atom. The molecular weight excluding hydrogens is 329 g/mol. The van der Waals surface area contributed by atoms with Gasteiger partial charge in [-0.25, -0.2) is 0 Å². The first kappa shape index (κ1) is 14.1. The van der Waals surface area contributed by atoms with Crippen molar-refractivity contribution in [2.24, 2.45) is 5.92 Å². The van der Waals surface area contributed by atoms with Gasteiger partial charge in [-0.15, -0.1) is 0 Å². The Bertz CT molecular complexity index is 393. The normalized spacial score (nSPS) is 10.4. The van der Waals surface area contributed by atoms with Crippen molar-refractivity contribution in [1.29, 1.82) is 0 Å². The van der Waals surface area contributed by atoms with Gasteiger partial charge in [0, 0.05) is 21.5 Å². The number of nitrogen functional groups attached to an aromatic ring is 1. The topological polar surface area (TPSA) is 67.2 Å². The summed E-state index contributed by atoms with van der Waals surface area (Å²) in [4.78, 5) is 11.5. The van der Waals surface area contributed by atoms with Gasteiger partial charge in [-0.2, -0.15) is 0 Å². The minimum Gasteiger partial charge on any atom is -0.399 e. The second-order valence-electron chi connectivity index (χ2n) is 4.29. The van der Waals surface area contributed by atoms with Crippen LogP contribution >= 0.6 is 22.6 Å². The summed E-state index contributed by atoms with van der Waals surface area (Å²) in [5.41, 5.74) is 7.31. The molecule has 0 aliphatic carbocycles. The Morgan fingerprint density at radius 1 is 1.47 bits per heavy atom. The van der Waals surface area contributed by atoms with Crippen molar-refractivity contribution < 1.29 is 4.79 Å². The smallest absolute Gasteiger partial charge is 0.239 e. The van der Waals surface area contributed by atoms with Crippen LogP contribution in [0, 0.1) is 9.49 Å².